The van der Waals surface area contributed by atoms with Crippen LogP contribution in [0.5, 0.6) is 11.5 Å². The number of hydrogen-bond acceptors (Lipinski definition) is 7. The number of pyridine rings is 1. The van der Waals surface area contributed by atoms with Gasteiger partial charge in [-0.3, -0.25) is 19.1 Å². The van der Waals surface area contributed by atoms with Crippen LogP contribution in [-0.2, 0) is 9.84 Å². The molecule has 4 heterocycles. The molecule has 3 aliphatic heterocycles. The van der Waals surface area contributed by atoms with E-state index in [1.807, 2.05) is 55.5 Å². The molecule has 9 nitrogen and oxygen atoms in total. The zero-order valence-corrected chi connectivity index (χ0v) is 24.8. The Labute approximate surface area is 257 Å². The summed E-state index contributed by atoms with van der Waals surface area (Å²) in [6, 6.07) is 15.9. The smallest absolute Gasteiger partial charge is 0.279 e. The monoisotopic (exact) mass is 610 g/mol. The fourth-order valence-electron chi connectivity index (χ4n) is 6.28. The molecule has 45 heavy (non-hydrogen) atoms. The van der Waals surface area contributed by atoms with Gasteiger partial charge >= 0.3 is 0 Å². The van der Waals surface area contributed by atoms with Crippen LogP contribution in [0.25, 0.3) is 6.08 Å². The van der Waals surface area contributed by atoms with Gasteiger partial charge in [-0.25, -0.2) is 8.42 Å². The lowest BCUT2D eigenvalue weighted by molar-refractivity contribution is 0.0992. The molecule has 1 aromatic heterocycles. The number of aryl methyl sites for hydroxylation is 2. The van der Waals surface area contributed by atoms with Crippen molar-refractivity contribution < 1.29 is 22.7 Å². The molecule has 4 aromatic rings. The Morgan fingerprint density at radius 2 is 1.69 bits per heavy atom. The van der Waals surface area contributed by atoms with Crippen molar-refractivity contribution in [2.45, 2.75) is 35.7 Å². The summed E-state index contributed by atoms with van der Waals surface area (Å²) in [5.74, 6) is -0.406. The van der Waals surface area contributed by atoms with E-state index in [9.17, 15) is 23.3 Å². The van der Waals surface area contributed by atoms with Crippen LogP contribution in [-0.4, -0.2) is 30.7 Å². The van der Waals surface area contributed by atoms with Gasteiger partial charge < -0.3 is 4.74 Å². The largest absolute Gasteiger partial charge is 0.454 e. The molecule has 0 radical (unpaired) electrons. The van der Waals surface area contributed by atoms with Crippen LogP contribution in [0.1, 0.15) is 54.6 Å². The third-order valence-electron chi connectivity index (χ3n) is 8.47. The van der Waals surface area contributed by atoms with Gasteiger partial charge in [0.2, 0.25) is 9.84 Å². The molecule has 1 amide bonds. The molecule has 0 bridgehead atoms. The Bertz CT molecular complexity index is 2520. The van der Waals surface area contributed by atoms with E-state index in [4.69, 9.17) is 9.73 Å². The van der Waals surface area contributed by atoms with Crippen LogP contribution in [0.4, 0.5) is 0 Å². The average molecular weight is 611 g/mol. The maximum absolute atomic E-state index is 13.9. The van der Waals surface area contributed by atoms with Crippen LogP contribution < -0.4 is 20.9 Å². The highest BCUT2D eigenvalue weighted by Crippen LogP contribution is 2.36. The molecule has 2 atom stereocenters. The van der Waals surface area contributed by atoms with E-state index in [2.05, 4.69) is 11.1 Å². The molecule has 3 aromatic carbocycles. The Kier molecular flexibility index (Phi) is 5.64. The van der Waals surface area contributed by atoms with E-state index < -0.39 is 21.5 Å². The standard InChI is InChI=1S/C35H22N4O5S/c1-18-7-9-20-15-24-32(44-28(20)13-18)25(17-36)34(39-27-6-4-3-5-26(27)37-33(24)39)38-35(41)21-10-12-23-30(16-21)45(42,43)29-14-19(2)8-11-22(29)31(23)40/h3-16,26-27H,1-2H3/b38-34-. The van der Waals surface area contributed by atoms with Gasteiger partial charge in [-0.1, -0.05) is 42.5 Å². The molecule has 8 rings (SSSR count). The number of sulfone groups is 1. The van der Waals surface area contributed by atoms with Crippen molar-refractivity contribution in [3.05, 3.63) is 134 Å². The van der Waals surface area contributed by atoms with E-state index in [1.54, 1.807) is 17.6 Å². The Balaban J connectivity index is 1.35. The van der Waals surface area contributed by atoms with Gasteiger partial charge in [-0.15, -0.1) is 0 Å². The summed E-state index contributed by atoms with van der Waals surface area (Å²) < 4.78 is 35.3. The van der Waals surface area contributed by atoms with Crippen molar-refractivity contribution in [2.24, 2.45) is 9.98 Å². The average Bonchev–Trinajstić information content (AvgIpc) is 3.43. The number of nitriles is 1. The molecular formula is C35H22N4O5S. The summed E-state index contributed by atoms with van der Waals surface area (Å²) in [4.78, 5) is 36.1. The molecule has 1 aliphatic carbocycles. The summed E-state index contributed by atoms with van der Waals surface area (Å²) in [5, 5.41) is 11.1. The number of hydrogen-bond donors (Lipinski definition) is 0. The van der Waals surface area contributed by atoms with Gasteiger partial charge in [0.1, 0.15) is 22.9 Å². The summed E-state index contributed by atoms with van der Waals surface area (Å²) >= 11 is 0. The maximum atomic E-state index is 13.9. The van der Waals surface area contributed by atoms with Gasteiger partial charge in [-0.2, -0.15) is 10.3 Å². The Hall–Kier alpha value is -5.66. The minimum atomic E-state index is -4.10. The van der Waals surface area contributed by atoms with Gasteiger partial charge in [0, 0.05) is 22.3 Å². The van der Waals surface area contributed by atoms with Crippen molar-refractivity contribution in [3.8, 4) is 17.6 Å². The van der Waals surface area contributed by atoms with Crippen LogP contribution >= 0.6 is 0 Å². The highest BCUT2D eigenvalue weighted by atomic mass is 32.2. The quantitative estimate of drug-likeness (QED) is 0.279. The molecule has 218 valence electrons. The Morgan fingerprint density at radius 1 is 0.978 bits per heavy atom. The first-order valence-electron chi connectivity index (χ1n) is 14.2. The van der Waals surface area contributed by atoms with Crippen LogP contribution in [0.3, 0.4) is 0 Å². The lowest BCUT2D eigenvalue weighted by Crippen LogP contribution is -2.46. The topological polar surface area (TPSA) is 131 Å². The lowest BCUT2D eigenvalue weighted by atomic mass is 10.00. The molecule has 0 saturated heterocycles. The normalized spacial score (nSPS) is 19.4. The lowest BCUT2D eigenvalue weighted by Gasteiger charge is -2.21. The van der Waals surface area contributed by atoms with Crippen LogP contribution in [0.15, 0.2) is 98.7 Å². The van der Waals surface area contributed by atoms with Gasteiger partial charge in [-0.05, 0) is 67.4 Å². The molecule has 0 N–H and O–H groups in total. The van der Waals surface area contributed by atoms with Crippen molar-refractivity contribution >= 4 is 27.6 Å². The first-order valence-corrected chi connectivity index (χ1v) is 15.7. The number of allylic oxidation sites excluding steroid dienone is 2. The van der Waals surface area contributed by atoms with E-state index in [0.717, 1.165) is 11.1 Å². The second-order valence-corrected chi connectivity index (χ2v) is 13.3. The van der Waals surface area contributed by atoms with E-state index in [1.165, 1.54) is 30.3 Å². The molecular weight excluding hydrogens is 588 g/mol. The molecule has 2 unspecified atom stereocenters. The minimum Gasteiger partial charge on any atom is -0.454 e. The van der Waals surface area contributed by atoms with Crippen molar-refractivity contribution in [2.75, 3.05) is 0 Å². The highest BCUT2D eigenvalue weighted by molar-refractivity contribution is 7.91. The third-order valence-corrected chi connectivity index (χ3v) is 10.3. The maximum Gasteiger partial charge on any atom is 0.279 e. The number of benzene rings is 3. The second kappa shape index (κ2) is 9.42. The molecule has 0 fully saturated rings. The number of ketones is 1. The molecule has 0 saturated carbocycles. The first-order chi connectivity index (χ1) is 21.7. The molecule has 4 aliphatic rings. The number of carbonyl (C=O) groups is 2. The van der Waals surface area contributed by atoms with Gasteiger partial charge in [0.25, 0.3) is 5.91 Å². The third kappa shape index (κ3) is 3.87. The number of rotatable bonds is 1. The van der Waals surface area contributed by atoms with Crippen LogP contribution in [0.2, 0.25) is 0 Å². The van der Waals surface area contributed by atoms with Crippen molar-refractivity contribution in [1.29, 1.82) is 5.26 Å². The molecule has 10 heteroatoms. The predicted molar refractivity (Wildman–Crippen MR) is 162 cm³/mol. The van der Waals surface area contributed by atoms with E-state index in [0.29, 0.717) is 22.0 Å². The second-order valence-electron chi connectivity index (χ2n) is 11.4. The van der Waals surface area contributed by atoms with Gasteiger partial charge in [0.05, 0.1) is 27.1 Å². The fraction of sp³-hybridized carbons (Fsp3) is 0.114. The number of carbonyl (C=O) groups excluding carboxylic acids is 2. The highest BCUT2D eigenvalue weighted by Gasteiger charge is 2.36. The first kappa shape index (κ1) is 26.9. The van der Waals surface area contributed by atoms with Crippen LogP contribution in [0, 0.1) is 25.2 Å². The van der Waals surface area contributed by atoms with E-state index >= 15 is 0 Å². The zero-order valence-electron chi connectivity index (χ0n) is 24.0. The number of fused-ring (bicyclic) bond motifs is 8. The Morgan fingerprint density at radius 3 is 2.49 bits per heavy atom. The van der Waals surface area contributed by atoms with Crippen molar-refractivity contribution in [3.63, 3.8) is 0 Å². The summed E-state index contributed by atoms with van der Waals surface area (Å²) in [7, 11) is -4.10. The van der Waals surface area contributed by atoms with Gasteiger partial charge in [0.15, 0.2) is 17.0 Å². The van der Waals surface area contributed by atoms with E-state index in [-0.39, 0.29) is 55.4 Å². The molecule has 0 spiro atoms. The zero-order chi connectivity index (χ0) is 31.2. The number of ether oxygens (including phenoxy) is 1. The number of nitrogens with zero attached hydrogens (tertiary/aromatic N) is 4. The summed E-state index contributed by atoms with van der Waals surface area (Å²) in [5.41, 5.74) is 3.15. The fourth-order valence-corrected chi connectivity index (χ4v) is 8.04. The SMILES string of the molecule is Cc1ccc2c(c1)Oc1c(C#N)/c(=N/C(=O)c3ccc4c(c3)S(=O)(=O)c3cc(C)ccc3C4=O)n3c(c1=C2)=NC1C=CC=CC13. The van der Waals surface area contributed by atoms with Crippen molar-refractivity contribution in [1.82, 2.24) is 4.57 Å². The number of amides is 1. The predicted octanol–water partition coefficient (Wildman–Crippen LogP) is 3.70. The summed E-state index contributed by atoms with van der Waals surface area (Å²) in [6.45, 7) is 3.68. The minimum absolute atomic E-state index is 0.0108. The number of aromatic nitrogens is 1. The summed E-state index contributed by atoms with van der Waals surface area (Å²) in [6.07, 6.45) is 9.56.